The second-order valence-electron chi connectivity index (χ2n) is 6.36. The minimum atomic E-state index is -0.955. The molecular formula is C19H15ClFN5O2. The Balaban J connectivity index is 1.69. The van der Waals surface area contributed by atoms with Crippen LogP contribution < -0.4 is 16.0 Å². The summed E-state index contributed by atoms with van der Waals surface area (Å²) in [4.78, 5) is 24.9. The van der Waals surface area contributed by atoms with Crippen LogP contribution in [0.4, 0.5) is 14.9 Å². The minimum absolute atomic E-state index is 0.147. The number of halogens is 2. The van der Waals surface area contributed by atoms with Gasteiger partial charge in [0.1, 0.15) is 5.82 Å². The second kappa shape index (κ2) is 6.97. The molecule has 3 amide bonds. The van der Waals surface area contributed by atoms with Gasteiger partial charge in [-0.2, -0.15) is 5.10 Å². The molecule has 4 rings (SSSR count). The minimum Gasteiger partial charge on any atom is -0.327 e. The second-order valence-corrected chi connectivity index (χ2v) is 6.80. The summed E-state index contributed by atoms with van der Waals surface area (Å²) in [6.45, 7) is 1.59. The number of allylic oxidation sites excluding steroid dienone is 1. The first-order valence-corrected chi connectivity index (χ1v) is 8.78. The molecule has 2 aromatic carbocycles. The van der Waals surface area contributed by atoms with Gasteiger partial charge in [-0.05, 0) is 37.3 Å². The normalized spacial score (nSPS) is 16.7. The Morgan fingerprint density at radius 2 is 2.07 bits per heavy atom. The summed E-state index contributed by atoms with van der Waals surface area (Å²) in [7, 11) is 0. The molecular weight excluding hydrogens is 385 g/mol. The van der Waals surface area contributed by atoms with Gasteiger partial charge in [0.05, 0.1) is 23.3 Å². The van der Waals surface area contributed by atoms with E-state index in [9.17, 15) is 14.0 Å². The number of carbonyl (C=O) groups is 2. The molecule has 0 saturated heterocycles. The molecule has 1 aliphatic rings. The van der Waals surface area contributed by atoms with E-state index >= 15 is 0 Å². The van der Waals surface area contributed by atoms with Crippen LogP contribution in [0.15, 0.2) is 53.9 Å². The van der Waals surface area contributed by atoms with Crippen molar-refractivity contribution < 1.29 is 14.0 Å². The standard InChI is InChI=1S/C19H15ClFN5O2/c1-9-16(18(27)24-12-3-5-15-10(6-12)8-22-26-15)17(25-19(28)23-9)13-4-2-11(20)7-14(13)21/h2-8,17H,1H3,(H,22,26)(H,24,27)(H2,23,25,28). The van der Waals surface area contributed by atoms with Crippen molar-refractivity contribution in [2.45, 2.75) is 13.0 Å². The topological polar surface area (TPSA) is 98.9 Å². The molecule has 1 unspecified atom stereocenters. The number of hydrogen-bond donors (Lipinski definition) is 4. The molecule has 0 spiro atoms. The molecule has 28 heavy (non-hydrogen) atoms. The maximum absolute atomic E-state index is 14.5. The highest BCUT2D eigenvalue weighted by Gasteiger charge is 2.32. The summed E-state index contributed by atoms with van der Waals surface area (Å²) >= 11 is 5.82. The lowest BCUT2D eigenvalue weighted by atomic mass is 9.94. The van der Waals surface area contributed by atoms with Crippen LogP contribution in [0.3, 0.4) is 0 Å². The van der Waals surface area contributed by atoms with Gasteiger partial charge >= 0.3 is 6.03 Å². The third kappa shape index (κ3) is 3.29. The lowest BCUT2D eigenvalue weighted by molar-refractivity contribution is -0.113. The Kier molecular flexibility index (Phi) is 4.48. The van der Waals surface area contributed by atoms with Crippen LogP contribution in [-0.4, -0.2) is 22.1 Å². The number of benzene rings is 2. The van der Waals surface area contributed by atoms with Gasteiger partial charge in [-0.3, -0.25) is 9.89 Å². The number of amides is 3. The monoisotopic (exact) mass is 399 g/mol. The van der Waals surface area contributed by atoms with E-state index in [1.54, 1.807) is 31.3 Å². The number of carbonyl (C=O) groups excluding carboxylic acids is 2. The Bertz CT molecular complexity index is 1140. The van der Waals surface area contributed by atoms with Crippen molar-refractivity contribution in [3.8, 4) is 0 Å². The molecule has 1 atom stereocenters. The lowest BCUT2D eigenvalue weighted by Gasteiger charge is -2.29. The quantitative estimate of drug-likeness (QED) is 0.541. The molecule has 1 aromatic heterocycles. The smallest absolute Gasteiger partial charge is 0.319 e. The van der Waals surface area contributed by atoms with E-state index in [0.29, 0.717) is 11.4 Å². The average Bonchev–Trinajstić information content (AvgIpc) is 3.08. The fourth-order valence-electron chi connectivity index (χ4n) is 3.18. The van der Waals surface area contributed by atoms with Gasteiger partial charge in [-0.25, -0.2) is 9.18 Å². The van der Waals surface area contributed by atoms with Crippen LogP contribution in [0.1, 0.15) is 18.5 Å². The number of hydrogen-bond acceptors (Lipinski definition) is 3. The number of nitrogens with zero attached hydrogens (tertiary/aromatic N) is 1. The van der Waals surface area contributed by atoms with E-state index in [2.05, 4.69) is 26.1 Å². The number of anilines is 1. The van der Waals surface area contributed by atoms with Crippen molar-refractivity contribution in [1.29, 1.82) is 0 Å². The van der Waals surface area contributed by atoms with Gasteiger partial charge in [0.25, 0.3) is 5.91 Å². The molecule has 2 heterocycles. The highest BCUT2D eigenvalue weighted by atomic mass is 35.5. The van der Waals surface area contributed by atoms with Crippen LogP contribution in [0, 0.1) is 5.82 Å². The van der Waals surface area contributed by atoms with Crippen molar-refractivity contribution in [2.75, 3.05) is 5.32 Å². The lowest BCUT2D eigenvalue weighted by Crippen LogP contribution is -2.46. The van der Waals surface area contributed by atoms with Gasteiger partial charge < -0.3 is 16.0 Å². The third-order valence-corrected chi connectivity index (χ3v) is 4.72. The van der Waals surface area contributed by atoms with Crippen LogP contribution in [0.25, 0.3) is 10.9 Å². The summed E-state index contributed by atoms with van der Waals surface area (Å²) < 4.78 is 14.5. The summed E-state index contributed by atoms with van der Waals surface area (Å²) in [5.41, 5.74) is 2.07. The van der Waals surface area contributed by atoms with Crippen molar-refractivity contribution in [3.05, 3.63) is 70.3 Å². The average molecular weight is 400 g/mol. The van der Waals surface area contributed by atoms with Crippen LogP contribution in [0.5, 0.6) is 0 Å². The van der Waals surface area contributed by atoms with Gasteiger partial charge in [0.2, 0.25) is 0 Å². The number of rotatable bonds is 3. The number of aromatic nitrogens is 2. The molecule has 3 aromatic rings. The van der Waals surface area contributed by atoms with Crippen LogP contribution in [-0.2, 0) is 4.79 Å². The molecule has 0 bridgehead atoms. The summed E-state index contributed by atoms with van der Waals surface area (Å²) in [5.74, 6) is -1.08. The van der Waals surface area contributed by atoms with E-state index in [-0.39, 0.29) is 16.2 Å². The van der Waals surface area contributed by atoms with E-state index in [0.717, 1.165) is 17.0 Å². The molecule has 9 heteroatoms. The third-order valence-electron chi connectivity index (χ3n) is 4.49. The SMILES string of the molecule is CC1=C(C(=O)Nc2ccc3[nH]ncc3c2)C(c2ccc(Cl)cc2F)NC(=O)N1. The van der Waals surface area contributed by atoms with Gasteiger partial charge in [0.15, 0.2) is 0 Å². The maximum Gasteiger partial charge on any atom is 0.319 e. The Morgan fingerprint density at radius 1 is 1.25 bits per heavy atom. The number of urea groups is 1. The van der Waals surface area contributed by atoms with Crippen molar-refractivity contribution in [3.63, 3.8) is 0 Å². The van der Waals surface area contributed by atoms with E-state index < -0.39 is 23.8 Å². The Morgan fingerprint density at radius 3 is 2.86 bits per heavy atom. The first-order chi connectivity index (χ1) is 13.4. The first-order valence-electron chi connectivity index (χ1n) is 8.40. The van der Waals surface area contributed by atoms with Crippen LogP contribution in [0.2, 0.25) is 5.02 Å². The largest absolute Gasteiger partial charge is 0.327 e. The molecule has 7 nitrogen and oxygen atoms in total. The zero-order valence-electron chi connectivity index (χ0n) is 14.6. The molecule has 142 valence electrons. The van der Waals surface area contributed by atoms with E-state index in [1.807, 2.05) is 0 Å². The fraction of sp³-hybridized carbons (Fsp3) is 0.105. The van der Waals surface area contributed by atoms with Crippen LogP contribution >= 0.6 is 11.6 Å². The molecule has 0 saturated carbocycles. The van der Waals surface area contributed by atoms with Crippen molar-refractivity contribution >= 4 is 40.1 Å². The van der Waals surface area contributed by atoms with E-state index in [1.165, 1.54) is 12.1 Å². The zero-order chi connectivity index (χ0) is 19.8. The predicted octanol–water partition coefficient (Wildman–Crippen LogP) is 3.62. The molecule has 1 aliphatic heterocycles. The maximum atomic E-state index is 14.5. The molecule has 0 fully saturated rings. The van der Waals surface area contributed by atoms with Gasteiger partial charge in [-0.1, -0.05) is 17.7 Å². The number of fused-ring (bicyclic) bond motifs is 1. The van der Waals surface area contributed by atoms with E-state index in [4.69, 9.17) is 11.6 Å². The highest BCUT2D eigenvalue weighted by molar-refractivity contribution is 6.30. The van der Waals surface area contributed by atoms with Gasteiger partial charge in [-0.15, -0.1) is 0 Å². The number of H-pyrrole nitrogens is 1. The number of nitrogens with one attached hydrogen (secondary N) is 4. The van der Waals surface area contributed by atoms with Crippen molar-refractivity contribution in [1.82, 2.24) is 20.8 Å². The highest BCUT2D eigenvalue weighted by Crippen LogP contribution is 2.31. The molecule has 0 aliphatic carbocycles. The van der Waals surface area contributed by atoms with Crippen molar-refractivity contribution in [2.24, 2.45) is 0 Å². The number of aromatic amines is 1. The first kappa shape index (κ1) is 18.0. The molecule has 0 radical (unpaired) electrons. The predicted molar refractivity (Wildman–Crippen MR) is 103 cm³/mol. The summed E-state index contributed by atoms with van der Waals surface area (Å²) in [5, 5.41) is 15.8. The fourth-order valence-corrected chi connectivity index (χ4v) is 3.34. The Hall–Kier alpha value is -3.39. The Labute approximate surface area is 164 Å². The summed E-state index contributed by atoms with van der Waals surface area (Å²) in [6, 6.07) is 7.90. The zero-order valence-corrected chi connectivity index (χ0v) is 15.4. The van der Waals surface area contributed by atoms with Gasteiger partial charge in [0, 0.05) is 27.4 Å². The molecule has 4 N–H and O–H groups in total. The summed E-state index contributed by atoms with van der Waals surface area (Å²) in [6.07, 6.45) is 1.64.